The number of benzene rings is 1. The van der Waals surface area contributed by atoms with Gasteiger partial charge in [0.15, 0.2) is 0 Å². The monoisotopic (exact) mass is 303 g/mol. The van der Waals surface area contributed by atoms with Gasteiger partial charge in [-0.1, -0.05) is 32.9 Å². The standard InChI is InChI=1S/C16H21N3O3/c1-16(2,3)12(17)13(20)18-8-9-19-14(21)10-6-4-5-7-11(10)15(19)22/h4-7,12H,8-9,17H2,1-3H3,(H,18,20)/t12-/m1/s1. The summed E-state index contributed by atoms with van der Waals surface area (Å²) >= 11 is 0. The van der Waals surface area contributed by atoms with E-state index in [1.807, 2.05) is 20.8 Å². The number of amides is 3. The van der Waals surface area contributed by atoms with Gasteiger partial charge < -0.3 is 11.1 Å². The molecular weight excluding hydrogens is 282 g/mol. The van der Waals surface area contributed by atoms with Crippen molar-refractivity contribution in [2.24, 2.45) is 11.1 Å². The van der Waals surface area contributed by atoms with Crippen molar-refractivity contribution in [3.05, 3.63) is 35.4 Å². The van der Waals surface area contributed by atoms with Crippen LogP contribution in [0.4, 0.5) is 0 Å². The Balaban J connectivity index is 1.93. The summed E-state index contributed by atoms with van der Waals surface area (Å²) in [5, 5.41) is 2.67. The highest BCUT2D eigenvalue weighted by Gasteiger charge is 2.35. The van der Waals surface area contributed by atoms with Crippen LogP contribution in [0.5, 0.6) is 0 Å². The molecule has 6 nitrogen and oxygen atoms in total. The molecule has 1 aromatic rings. The molecule has 0 unspecified atom stereocenters. The Kier molecular flexibility index (Phi) is 4.32. The highest BCUT2D eigenvalue weighted by Crippen LogP contribution is 2.22. The molecule has 1 heterocycles. The van der Waals surface area contributed by atoms with Crippen molar-refractivity contribution in [3.63, 3.8) is 0 Å². The van der Waals surface area contributed by atoms with Crippen molar-refractivity contribution in [2.45, 2.75) is 26.8 Å². The van der Waals surface area contributed by atoms with E-state index < -0.39 is 6.04 Å². The maximum atomic E-state index is 12.1. The molecule has 0 bridgehead atoms. The fourth-order valence-corrected chi connectivity index (χ4v) is 2.24. The van der Waals surface area contributed by atoms with Crippen LogP contribution in [0.15, 0.2) is 24.3 Å². The lowest BCUT2D eigenvalue weighted by Gasteiger charge is -2.26. The second-order valence-corrected chi connectivity index (χ2v) is 6.44. The largest absolute Gasteiger partial charge is 0.353 e. The third-order valence-electron chi connectivity index (χ3n) is 3.73. The summed E-state index contributed by atoms with van der Waals surface area (Å²) in [5.74, 6) is -0.936. The Labute approximate surface area is 129 Å². The van der Waals surface area contributed by atoms with E-state index in [4.69, 9.17) is 5.73 Å². The van der Waals surface area contributed by atoms with Crippen LogP contribution in [0, 0.1) is 5.41 Å². The van der Waals surface area contributed by atoms with Gasteiger partial charge in [-0.3, -0.25) is 19.3 Å². The zero-order valence-electron chi connectivity index (χ0n) is 13.1. The van der Waals surface area contributed by atoms with Crippen LogP contribution in [0.3, 0.4) is 0 Å². The zero-order valence-corrected chi connectivity index (χ0v) is 13.1. The summed E-state index contributed by atoms with van der Waals surface area (Å²) in [6.07, 6.45) is 0. The molecule has 1 aromatic carbocycles. The minimum absolute atomic E-state index is 0.134. The van der Waals surface area contributed by atoms with Crippen LogP contribution in [-0.2, 0) is 4.79 Å². The Morgan fingerprint density at radius 1 is 1.18 bits per heavy atom. The summed E-state index contributed by atoms with van der Waals surface area (Å²) in [6.45, 7) is 5.95. The molecule has 3 amide bonds. The molecule has 0 saturated carbocycles. The van der Waals surface area contributed by atoms with Gasteiger partial charge in [0.05, 0.1) is 17.2 Å². The molecule has 118 valence electrons. The van der Waals surface area contributed by atoms with Crippen LogP contribution < -0.4 is 11.1 Å². The summed E-state index contributed by atoms with van der Waals surface area (Å²) in [6, 6.07) is 6.05. The number of hydrogen-bond acceptors (Lipinski definition) is 4. The minimum atomic E-state index is -0.644. The molecule has 0 saturated heterocycles. The number of nitrogens with two attached hydrogens (primary N) is 1. The maximum absolute atomic E-state index is 12.1. The van der Waals surface area contributed by atoms with Crippen LogP contribution in [0.25, 0.3) is 0 Å². The first-order valence-electron chi connectivity index (χ1n) is 7.22. The summed E-state index contributed by atoms with van der Waals surface area (Å²) < 4.78 is 0. The fourth-order valence-electron chi connectivity index (χ4n) is 2.24. The Bertz CT molecular complexity index is 584. The van der Waals surface area contributed by atoms with Crippen molar-refractivity contribution in [3.8, 4) is 0 Å². The minimum Gasteiger partial charge on any atom is -0.353 e. The first-order valence-corrected chi connectivity index (χ1v) is 7.22. The lowest BCUT2D eigenvalue weighted by Crippen LogP contribution is -2.50. The van der Waals surface area contributed by atoms with Crippen molar-refractivity contribution in [1.82, 2.24) is 10.2 Å². The molecule has 1 aliphatic heterocycles. The quantitative estimate of drug-likeness (QED) is 0.804. The van der Waals surface area contributed by atoms with E-state index >= 15 is 0 Å². The van der Waals surface area contributed by atoms with Crippen molar-refractivity contribution < 1.29 is 14.4 Å². The van der Waals surface area contributed by atoms with Gasteiger partial charge in [-0.2, -0.15) is 0 Å². The van der Waals surface area contributed by atoms with Gasteiger partial charge >= 0.3 is 0 Å². The van der Waals surface area contributed by atoms with E-state index in [0.29, 0.717) is 11.1 Å². The molecule has 0 aromatic heterocycles. The van der Waals surface area contributed by atoms with Gasteiger partial charge in [-0.25, -0.2) is 0 Å². The van der Waals surface area contributed by atoms with Crippen LogP contribution in [-0.4, -0.2) is 41.8 Å². The molecule has 3 N–H and O–H groups in total. The normalized spacial score (nSPS) is 15.7. The first kappa shape index (κ1) is 16.2. The summed E-state index contributed by atoms with van der Waals surface area (Å²) in [4.78, 5) is 37.4. The second kappa shape index (κ2) is 5.88. The Morgan fingerprint density at radius 3 is 2.14 bits per heavy atom. The van der Waals surface area contributed by atoms with E-state index in [0.717, 1.165) is 4.90 Å². The molecule has 0 fully saturated rings. The lowest BCUT2D eigenvalue weighted by molar-refractivity contribution is -0.124. The second-order valence-electron chi connectivity index (χ2n) is 6.44. The summed E-state index contributed by atoms with van der Waals surface area (Å²) in [7, 11) is 0. The third-order valence-corrected chi connectivity index (χ3v) is 3.73. The highest BCUT2D eigenvalue weighted by atomic mass is 16.2. The molecule has 22 heavy (non-hydrogen) atoms. The van der Waals surface area contributed by atoms with Gasteiger partial charge in [0.1, 0.15) is 0 Å². The topological polar surface area (TPSA) is 92.5 Å². The van der Waals surface area contributed by atoms with Crippen LogP contribution in [0.2, 0.25) is 0 Å². The van der Waals surface area contributed by atoms with Crippen molar-refractivity contribution in [1.29, 1.82) is 0 Å². The lowest BCUT2D eigenvalue weighted by atomic mass is 9.87. The van der Waals surface area contributed by atoms with Crippen molar-refractivity contribution in [2.75, 3.05) is 13.1 Å². The number of carbonyl (C=O) groups excluding carboxylic acids is 3. The third kappa shape index (κ3) is 3.01. The van der Waals surface area contributed by atoms with E-state index in [1.165, 1.54) is 0 Å². The molecule has 0 aliphatic carbocycles. The Morgan fingerprint density at radius 2 is 1.68 bits per heavy atom. The number of rotatable bonds is 4. The number of nitrogens with one attached hydrogen (secondary N) is 1. The average Bonchev–Trinajstić information content (AvgIpc) is 2.70. The molecule has 6 heteroatoms. The van der Waals surface area contributed by atoms with Gasteiger partial charge in [-0.05, 0) is 17.5 Å². The van der Waals surface area contributed by atoms with Gasteiger partial charge in [-0.15, -0.1) is 0 Å². The highest BCUT2D eigenvalue weighted by molar-refractivity contribution is 6.21. The molecule has 2 rings (SSSR count). The maximum Gasteiger partial charge on any atom is 0.261 e. The van der Waals surface area contributed by atoms with Crippen molar-refractivity contribution >= 4 is 17.7 Å². The van der Waals surface area contributed by atoms with Gasteiger partial charge in [0, 0.05) is 13.1 Å². The van der Waals surface area contributed by atoms with Crippen LogP contribution in [0.1, 0.15) is 41.5 Å². The smallest absolute Gasteiger partial charge is 0.261 e. The fraction of sp³-hybridized carbons (Fsp3) is 0.438. The van der Waals surface area contributed by atoms with E-state index in [-0.39, 0.29) is 36.2 Å². The van der Waals surface area contributed by atoms with Gasteiger partial charge in [0.25, 0.3) is 11.8 Å². The number of nitrogens with zero attached hydrogens (tertiary/aromatic N) is 1. The average molecular weight is 303 g/mol. The number of imide groups is 1. The zero-order chi connectivity index (χ0) is 16.5. The number of fused-ring (bicyclic) bond motifs is 1. The SMILES string of the molecule is CC(C)(C)[C@H](N)C(=O)NCCN1C(=O)c2ccccc2C1=O. The molecule has 1 atom stereocenters. The predicted molar refractivity (Wildman–Crippen MR) is 82.2 cm³/mol. The molecule has 0 spiro atoms. The predicted octanol–water partition coefficient (Wildman–Crippen LogP) is 0.772. The van der Waals surface area contributed by atoms with Gasteiger partial charge in [0.2, 0.25) is 5.91 Å². The molecule has 0 radical (unpaired) electrons. The van der Waals surface area contributed by atoms with E-state index in [2.05, 4.69) is 5.32 Å². The van der Waals surface area contributed by atoms with E-state index in [9.17, 15) is 14.4 Å². The first-order chi connectivity index (χ1) is 10.2. The number of hydrogen-bond donors (Lipinski definition) is 2. The molecule has 1 aliphatic rings. The molecular formula is C16H21N3O3. The van der Waals surface area contributed by atoms with Crippen LogP contribution >= 0.6 is 0 Å². The summed E-state index contributed by atoms with van der Waals surface area (Å²) in [5.41, 5.74) is 6.32. The Hall–Kier alpha value is -2.21. The number of carbonyl (C=O) groups is 3. The van der Waals surface area contributed by atoms with E-state index in [1.54, 1.807) is 24.3 Å².